The van der Waals surface area contributed by atoms with Gasteiger partial charge in [0, 0.05) is 14.1 Å². The van der Waals surface area contributed by atoms with Crippen LogP contribution in [0.25, 0.3) is 0 Å². The topological polar surface area (TPSA) is 86.2 Å². The molecule has 1 N–H and O–H groups in total. The Bertz CT molecular complexity index is 375. The molecule has 0 amide bonds. The summed E-state index contributed by atoms with van der Waals surface area (Å²) in [4.78, 5) is 32.6. The van der Waals surface area contributed by atoms with Gasteiger partial charge in [-0.15, -0.1) is 0 Å². The van der Waals surface area contributed by atoms with E-state index in [0.717, 1.165) is 14.1 Å². The van der Waals surface area contributed by atoms with E-state index in [-0.39, 0.29) is 4.73 Å². The predicted octanol–water partition coefficient (Wildman–Crippen LogP) is -2.52. The van der Waals surface area contributed by atoms with Crippen molar-refractivity contribution in [2.24, 2.45) is 14.1 Å². The van der Waals surface area contributed by atoms with Crippen LogP contribution in [-0.2, 0) is 14.1 Å². The van der Waals surface area contributed by atoms with Gasteiger partial charge in [-0.25, -0.2) is 23.5 Å². The van der Waals surface area contributed by atoms with Gasteiger partial charge >= 0.3 is 17.1 Å². The maximum Gasteiger partial charge on any atom is 0.369 e. The lowest BCUT2D eigenvalue weighted by atomic mass is 10.8. The van der Waals surface area contributed by atoms with Crippen LogP contribution in [0.1, 0.15) is 0 Å². The summed E-state index contributed by atoms with van der Waals surface area (Å²) in [6.45, 7) is 0. The van der Waals surface area contributed by atoms with E-state index < -0.39 is 17.1 Å². The lowest BCUT2D eigenvalue weighted by Crippen LogP contribution is -2.52. The molecule has 1 aromatic rings. The van der Waals surface area contributed by atoms with Crippen molar-refractivity contribution in [3.63, 3.8) is 0 Å². The molecule has 66 valence electrons. The van der Waals surface area contributed by atoms with Gasteiger partial charge in [0.05, 0.1) is 0 Å². The minimum atomic E-state index is -1.05. The van der Waals surface area contributed by atoms with Crippen molar-refractivity contribution in [1.82, 2.24) is 13.9 Å². The summed E-state index contributed by atoms with van der Waals surface area (Å²) in [7, 11) is 2.33. The third kappa shape index (κ3) is 0.865. The van der Waals surface area contributed by atoms with Gasteiger partial charge in [0.1, 0.15) is 0 Å². The van der Waals surface area contributed by atoms with Crippen molar-refractivity contribution < 1.29 is 5.21 Å². The van der Waals surface area contributed by atoms with Gasteiger partial charge in [-0.05, 0) is 0 Å². The van der Waals surface area contributed by atoms with Crippen LogP contribution in [0, 0.1) is 0 Å². The quantitative estimate of drug-likeness (QED) is 0.439. The highest BCUT2D eigenvalue weighted by Gasteiger charge is 2.07. The van der Waals surface area contributed by atoms with Crippen LogP contribution in [0.2, 0.25) is 0 Å². The standard InChI is InChI=1S/C5H7N3O4/c1-6-3(9)7(2)5(11)8(12)4(6)10/h12H,1-2H3. The Balaban J connectivity index is 4.00. The zero-order chi connectivity index (χ0) is 9.46. The number of hydrogen-bond donors (Lipinski definition) is 1. The number of rotatable bonds is 0. The third-order valence-corrected chi connectivity index (χ3v) is 1.51. The number of nitrogens with zero attached hydrogens (tertiary/aromatic N) is 3. The van der Waals surface area contributed by atoms with Crippen LogP contribution >= 0.6 is 0 Å². The van der Waals surface area contributed by atoms with Crippen molar-refractivity contribution in [3.8, 4) is 0 Å². The Hall–Kier alpha value is -1.79. The van der Waals surface area contributed by atoms with Crippen LogP contribution < -0.4 is 17.1 Å². The van der Waals surface area contributed by atoms with Gasteiger partial charge in [-0.1, -0.05) is 4.73 Å². The lowest BCUT2D eigenvalue weighted by molar-refractivity contribution is 0.142. The highest BCUT2D eigenvalue weighted by atomic mass is 16.5. The maximum absolute atomic E-state index is 11.0. The summed E-state index contributed by atoms with van der Waals surface area (Å²) >= 11 is 0. The first kappa shape index (κ1) is 8.31. The molecule has 1 heterocycles. The molecule has 0 saturated heterocycles. The van der Waals surface area contributed by atoms with E-state index >= 15 is 0 Å². The smallest absolute Gasteiger partial charge is 0.369 e. The van der Waals surface area contributed by atoms with E-state index in [2.05, 4.69) is 0 Å². The summed E-state index contributed by atoms with van der Waals surface area (Å²) in [6.07, 6.45) is 0. The molecule has 7 heteroatoms. The zero-order valence-corrected chi connectivity index (χ0v) is 6.51. The number of hydrogen-bond acceptors (Lipinski definition) is 4. The summed E-state index contributed by atoms with van der Waals surface area (Å²) in [5.41, 5.74) is -2.87. The molecule has 0 aromatic carbocycles. The fourth-order valence-corrected chi connectivity index (χ4v) is 0.755. The molecule has 0 aliphatic rings. The highest BCUT2D eigenvalue weighted by molar-refractivity contribution is 4.71. The van der Waals surface area contributed by atoms with Crippen LogP contribution in [0.4, 0.5) is 0 Å². The summed E-state index contributed by atoms with van der Waals surface area (Å²) < 4.78 is 1.13. The molecule has 0 atom stereocenters. The van der Waals surface area contributed by atoms with Crippen molar-refractivity contribution in [1.29, 1.82) is 0 Å². The van der Waals surface area contributed by atoms with Crippen molar-refractivity contribution in [2.45, 2.75) is 0 Å². The molecule has 0 spiro atoms. The molecule has 7 nitrogen and oxygen atoms in total. The first-order chi connectivity index (χ1) is 5.46. The molecule has 1 aromatic heterocycles. The van der Waals surface area contributed by atoms with E-state index in [1.807, 2.05) is 0 Å². The maximum atomic E-state index is 11.0. The summed E-state index contributed by atoms with van der Waals surface area (Å²) in [5, 5.41) is 8.80. The normalized spacial score (nSPS) is 10.2. The monoisotopic (exact) mass is 173 g/mol. The van der Waals surface area contributed by atoms with Gasteiger partial charge in [0.15, 0.2) is 0 Å². The van der Waals surface area contributed by atoms with Gasteiger partial charge in [-0.3, -0.25) is 0 Å². The van der Waals surface area contributed by atoms with Crippen molar-refractivity contribution in [3.05, 3.63) is 31.5 Å². The molecule has 0 bridgehead atoms. The minimum absolute atomic E-state index is 0.124. The second-order valence-corrected chi connectivity index (χ2v) is 2.28. The van der Waals surface area contributed by atoms with Gasteiger partial charge in [0.2, 0.25) is 0 Å². The molecule has 0 aliphatic carbocycles. The third-order valence-electron chi connectivity index (χ3n) is 1.51. The highest BCUT2D eigenvalue weighted by Crippen LogP contribution is 1.57. The Morgan fingerprint density at radius 2 is 1.25 bits per heavy atom. The molecule has 0 fully saturated rings. The van der Waals surface area contributed by atoms with Gasteiger partial charge < -0.3 is 5.21 Å². The summed E-state index contributed by atoms with van der Waals surface area (Å²) in [6, 6.07) is 0. The zero-order valence-electron chi connectivity index (χ0n) is 6.51. The Labute approximate surface area is 65.7 Å². The van der Waals surface area contributed by atoms with E-state index in [0.29, 0.717) is 9.13 Å². The fraction of sp³-hybridized carbons (Fsp3) is 0.400. The molecule has 1 rings (SSSR count). The largest absolute Gasteiger partial charge is 0.420 e. The fourth-order valence-electron chi connectivity index (χ4n) is 0.755. The van der Waals surface area contributed by atoms with E-state index in [9.17, 15) is 14.4 Å². The molecule has 12 heavy (non-hydrogen) atoms. The van der Waals surface area contributed by atoms with Crippen LogP contribution in [-0.4, -0.2) is 19.1 Å². The second-order valence-electron chi connectivity index (χ2n) is 2.28. The van der Waals surface area contributed by atoms with Crippen LogP contribution in [0.15, 0.2) is 14.4 Å². The van der Waals surface area contributed by atoms with Gasteiger partial charge in [-0.2, -0.15) is 0 Å². The Morgan fingerprint density at radius 1 is 0.917 bits per heavy atom. The summed E-state index contributed by atoms with van der Waals surface area (Å²) in [5.74, 6) is 0. The Kier molecular flexibility index (Phi) is 1.64. The predicted molar refractivity (Wildman–Crippen MR) is 38.4 cm³/mol. The second kappa shape index (κ2) is 2.36. The van der Waals surface area contributed by atoms with Crippen molar-refractivity contribution in [2.75, 3.05) is 0 Å². The average Bonchev–Trinajstić information content (AvgIpc) is 2.08. The molecular weight excluding hydrogens is 166 g/mol. The first-order valence-corrected chi connectivity index (χ1v) is 3.05. The first-order valence-electron chi connectivity index (χ1n) is 3.05. The molecule has 0 saturated carbocycles. The SMILES string of the molecule is Cn1c(=O)n(C)c(=O)n(O)c1=O. The van der Waals surface area contributed by atoms with E-state index in [1.54, 1.807) is 0 Å². The van der Waals surface area contributed by atoms with Crippen LogP contribution in [0.5, 0.6) is 0 Å². The lowest BCUT2D eigenvalue weighted by Gasteiger charge is -2.01. The van der Waals surface area contributed by atoms with E-state index in [4.69, 9.17) is 5.21 Å². The van der Waals surface area contributed by atoms with Gasteiger partial charge in [0.25, 0.3) is 0 Å². The van der Waals surface area contributed by atoms with Crippen molar-refractivity contribution >= 4 is 0 Å². The molecule has 0 radical (unpaired) electrons. The van der Waals surface area contributed by atoms with E-state index in [1.165, 1.54) is 0 Å². The average molecular weight is 173 g/mol. The van der Waals surface area contributed by atoms with Crippen LogP contribution in [0.3, 0.4) is 0 Å². The molecule has 0 unspecified atom stereocenters. The minimum Gasteiger partial charge on any atom is -0.420 e. The Morgan fingerprint density at radius 3 is 1.58 bits per heavy atom. The number of aromatic nitrogens is 3. The molecular formula is C5H7N3O4. The molecule has 0 aliphatic heterocycles.